The van der Waals surface area contributed by atoms with E-state index in [1.54, 1.807) is 13.8 Å². The molecule has 0 aliphatic rings. The van der Waals surface area contributed by atoms with Crippen LogP contribution in [0.4, 0.5) is 0 Å². The normalized spacial score (nSPS) is 14.3. The Bertz CT molecular complexity index is 497. The van der Waals surface area contributed by atoms with Crippen LogP contribution in [0.1, 0.15) is 46.0 Å². The van der Waals surface area contributed by atoms with Crippen molar-refractivity contribution in [1.82, 2.24) is 10.6 Å². The van der Waals surface area contributed by atoms with Crippen LogP contribution in [0.3, 0.4) is 0 Å². The SMILES string of the molecule is CC(C)[C@H](NC(=O)CC[C@H](N)C(=O)O)C(=O)N[C@@H](CCCCN)C(=O)O. The van der Waals surface area contributed by atoms with E-state index >= 15 is 0 Å². The highest BCUT2D eigenvalue weighted by Crippen LogP contribution is 2.07. The van der Waals surface area contributed by atoms with Gasteiger partial charge in [0, 0.05) is 6.42 Å². The first kappa shape index (κ1) is 23.8. The number of nitrogens with two attached hydrogens (primary N) is 2. The van der Waals surface area contributed by atoms with Crippen molar-refractivity contribution >= 4 is 23.8 Å². The van der Waals surface area contributed by atoms with Gasteiger partial charge in [-0.1, -0.05) is 13.8 Å². The van der Waals surface area contributed by atoms with Crippen molar-refractivity contribution in [2.45, 2.75) is 64.1 Å². The molecule has 0 fully saturated rings. The van der Waals surface area contributed by atoms with Crippen LogP contribution >= 0.6 is 0 Å². The summed E-state index contributed by atoms with van der Waals surface area (Å²) in [5.41, 5.74) is 10.7. The molecule has 150 valence electrons. The molecule has 0 aromatic rings. The summed E-state index contributed by atoms with van der Waals surface area (Å²) in [5, 5.41) is 22.9. The molecule has 0 spiro atoms. The molecule has 3 atom stereocenters. The first-order valence-electron chi connectivity index (χ1n) is 8.61. The van der Waals surface area contributed by atoms with Crippen molar-refractivity contribution in [1.29, 1.82) is 0 Å². The molecule has 10 nitrogen and oxygen atoms in total. The lowest BCUT2D eigenvalue weighted by atomic mass is 10.0. The summed E-state index contributed by atoms with van der Waals surface area (Å²) in [6, 6.07) is -3.15. The van der Waals surface area contributed by atoms with E-state index in [2.05, 4.69) is 10.6 Å². The monoisotopic (exact) mass is 374 g/mol. The second-order valence-corrected chi connectivity index (χ2v) is 6.46. The molecule has 0 rings (SSSR count). The van der Waals surface area contributed by atoms with E-state index in [0.717, 1.165) is 0 Å². The zero-order valence-corrected chi connectivity index (χ0v) is 15.2. The Morgan fingerprint density at radius 2 is 1.58 bits per heavy atom. The smallest absolute Gasteiger partial charge is 0.326 e. The molecular formula is C16H30N4O6. The second kappa shape index (κ2) is 12.2. The molecule has 0 aromatic carbocycles. The van der Waals surface area contributed by atoms with Gasteiger partial charge in [-0.15, -0.1) is 0 Å². The molecule has 0 saturated heterocycles. The van der Waals surface area contributed by atoms with E-state index in [1.807, 2.05) is 0 Å². The average Bonchev–Trinajstić information content (AvgIpc) is 2.55. The zero-order valence-electron chi connectivity index (χ0n) is 15.2. The van der Waals surface area contributed by atoms with E-state index in [1.165, 1.54) is 0 Å². The Morgan fingerprint density at radius 3 is 2.04 bits per heavy atom. The van der Waals surface area contributed by atoms with E-state index in [0.29, 0.717) is 19.4 Å². The van der Waals surface area contributed by atoms with E-state index < -0.39 is 41.9 Å². The van der Waals surface area contributed by atoms with Crippen molar-refractivity contribution in [3.63, 3.8) is 0 Å². The number of unbranched alkanes of at least 4 members (excludes halogenated alkanes) is 1. The van der Waals surface area contributed by atoms with Crippen LogP contribution in [0.15, 0.2) is 0 Å². The second-order valence-electron chi connectivity index (χ2n) is 6.46. The van der Waals surface area contributed by atoms with Crippen LogP contribution in [0.5, 0.6) is 0 Å². The molecule has 26 heavy (non-hydrogen) atoms. The minimum absolute atomic E-state index is 0.0650. The molecule has 10 heteroatoms. The predicted molar refractivity (Wildman–Crippen MR) is 94.1 cm³/mol. The fraction of sp³-hybridized carbons (Fsp3) is 0.750. The van der Waals surface area contributed by atoms with E-state index in [9.17, 15) is 24.3 Å². The molecule has 0 unspecified atom stereocenters. The largest absolute Gasteiger partial charge is 0.480 e. The van der Waals surface area contributed by atoms with Gasteiger partial charge in [0.05, 0.1) is 0 Å². The maximum absolute atomic E-state index is 12.4. The molecule has 2 amide bonds. The van der Waals surface area contributed by atoms with Crippen molar-refractivity contribution in [3.8, 4) is 0 Å². The fourth-order valence-electron chi connectivity index (χ4n) is 2.20. The van der Waals surface area contributed by atoms with Crippen LogP contribution in [0.2, 0.25) is 0 Å². The van der Waals surface area contributed by atoms with E-state index in [4.69, 9.17) is 16.6 Å². The number of carbonyl (C=O) groups excluding carboxylic acids is 2. The summed E-state index contributed by atoms with van der Waals surface area (Å²) in [6.45, 7) is 3.85. The van der Waals surface area contributed by atoms with Crippen LogP contribution in [-0.4, -0.2) is 58.6 Å². The highest BCUT2D eigenvalue weighted by Gasteiger charge is 2.28. The summed E-state index contributed by atoms with van der Waals surface area (Å²) in [5.74, 6) is -3.78. The number of aliphatic carboxylic acids is 2. The Morgan fingerprint density at radius 1 is 0.962 bits per heavy atom. The molecule has 0 saturated carbocycles. The van der Waals surface area contributed by atoms with Crippen LogP contribution < -0.4 is 22.1 Å². The van der Waals surface area contributed by atoms with Gasteiger partial charge in [0.15, 0.2) is 0 Å². The number of carbonyl (C=O) groups is 4. The number of hydrogen-bond donors (Lipinski definition) is 6. The molecule has 8 N–H and O–H groups in total. The molecular weight excluding hydrogens is 344 g/mol. The number of carboxylic acids is 2. The number of hydrogen-bond acceptors (Lipinski definition) is 6. The topological polar surface area (TPSA) is 185 Å². The van der Waals surface area contributed by atoms with Gasteiger partial charge in [-0.3, -0.25) is 14.4 Å². The summed E-state index contributed by atoms with van der Waals surface area (Å²) >= 11 is 0. The molecule has 0 bridgehead atoms. The number of carboxylic acid groups (broad SMARTS) is 2. The maximum atomic E-state index is 12.4. The van der Waals surface area contributed by atoms with Gasteiger partial charge < -0.3 is 32.3 Å². The lowest BCUT2D eigenvalue weighted by molar-refractivity contribution is -0.142. The summed E-state index contributed by atoms with van der Waals surface area (Å²) in [4.78, 5) is 46.3. The van der Waals surface area contributed by atoms with Crippen molar-refractivity contribution in [2.24, 2.45) is 17.4 Å². The Labute approximate surface area is 152 Å². The predicted octanol–water partition coefficient (Wildman–Crippen LogP) is -0.982. The number of nitrogens with one attached hydrogen (secondary N) is 2. The summed E-state index contributed by atoms with van der Waals surface area (Å²) < 4.78 is 0. The first-order chi connectivity index (χ1) is 12.1. The zero-order chi connectivity index (χ0) is 20.3. The minimum atomic E-state index is -1.21. The highest BCUT2D eigenvalue weighted by molar-refractivity contribution is 5.90. The Balaban J connectivity index is 4.74. The third-order valence-electron chi connectivity index (χ3n) is 3.83. The quantitative estimate of drug-likeness (QED) is 0.222. The van der Waals surface area contributed by atoms with Gasteiger partial charge in [0.25, 0.3) is 0 Å². The van der Waals surface area contributed by atoms with Crippen LogP contribution in [0, 0.1) is 5.92 Å². The third-order valence-corrected chi connectivity index (χ3v) is 3.83. The van der Waals surface area contributed by atoms with Gasteiger partial charge in [-0.2, -0.15) is 0 Å². The van der Waals surface area contributed by atoms with Gasteiger partial charge in [-0.25, -0.2) is 4.79 Å². The van der Waals surface area contributed by atoms with Crippen LogP contribution in [0.25, 0.3) is 0 Å². The summed E-state index contributed by atoms with van der Waals surface area (Å²) in [6.07, 6.45) is 1.23. The number of rotatable bonds is 13. The number of amides is 2. The molecule has 0 radical (unpaired) electrons. The molecule has 0 aliphatic heterocycles. The van der Waals surface area contributed by atoms with Gasteiger partial charge in [0.2, 0.25) is 11.8 Å². The Hall–Kier alpha value is -2.20. The lowest BCUT2D eigenvalue weighted by Gasteiger charge is -2.24. The Kier molecular flexibility index (Phi) is 11.2. The van der Waals surface area contributed by atoms with Crippen molar-refractivity contribution < 1.29 is 29.4 Å². The molecule has 0 aromatic heterocycles. The highest BCUT2D eigenvalue weighted by atomic mass is 16.4. The first-order valence-corrected chi connectivity index (χ1v) is 8.61. The van der Waals surface area contributed by atoms with Crippen molar-refractivity contribution in [3.05, 3.63) is 0 Å². The summed E-state index contributed by atoms with van der Waals surface area (Å²) in [7, 11) is 0. The van der Waals surface area contributed by atoms with Crippen molar-refractivity contribution in [2.75, 3.05) is 6.54 Å². The van der Waals surface area contributed by atoms with Gasteiger partial charge in [-0.05, 0) is 38.1 Å². The van der Waals surface area contributed by atoms with Crippen LogP contribution in [-0.2, 0) is 19.2 Å². The maximum Gasteiger partial charge on any atom is 0.326 e. The fourth-order valence-corrected chi connectivity index (χ4v) is 2.20. The lowest BCUT2D eigenvalue weighted by Crippen LogP contribution is -2.53. The van der Waals surface area contributed by atoms with Gasteiger partial charge >= 0.3 is 11.9 Å². The van der Waals surface area contributed by atoms with E-state index in [-0.39, 0.29) is 25.2 Å². The minimum Gasteiger partial charge on any atom is -0.480 e. The molecule has 0 aliphatic carbocycles. The average molecular weight is 374 g/mol. The third kappa shape index (κ3) is 9.33. The van der Waals surface area contributed by atoms with Gasteiger partial charge in [0.1, 0.15) is 18.1 Å². The standard InChI is InChI=1S/C16H30N4O6/c1-9(2)13(20-12(21)7-6-10(18)15(23)24)14(22)19-11(16(25)26)5-3-4-8-17/h9-11,13H,3-8,17-18H2,1-2H3,(H,19,22)(H,20,21)(H,23,24)(H,25,26)/t10-,11-,13-/m0/s1. The molecule has 0 heterocycles.